The number of carbonyl (C=O) groups is 2. The maximum absolute atomic E-state index is 13.7. The molecule has 0 radical (unpaired) electrons. The number of hydrogen-bond acceptors (Lipinski definition) is 5. The van der Waals surface area contributed by atoms with Crippen LogP contribution in [0.2, 0.25) is 0 Å². The number of nitrogens with one attached hydrogen (secondary N) is 2. The molecule has 2 amide bonds. The zero-order valence-corrected chi connectivity index (χ0v) is 17.8. The molecule has 4 aromatic rings. The number of fused-ring (bicyclic) bond motifs is 1. The van der Waals surface area contributed by atoms with E-state index in [0.29, 0.717) is 17.0 Å². The van der Waals surface area contributed by atoms with Gasteiger partial charge >= 0.3 is 5.69 Å². The second-order valence-electron chi connectivity index (χ2n) is 7.28. The number of carbonyl (C=O) groups excluding carboxylic acids is 2. The molecule has 0 saturated carbocycles. The first-order valence-corrected chi connectivity index (χ1v) is 9.94. The smallest absolute Gasteiger partial charge is 0.350 e. The van der Waals surface area contributed by atoms with Gasteiger partial charge in [0, 0.05) is 17.6 Å². The summed E-state index contributed by atoms with van der Waals surface area (Å²) in [5.74, 6) is -0.745. The Morgan fingerprint density at radius 1 is 1.03 bits per heavy atom. The zero-order chi connectivity index (χ0) is 23.5. The molecule has 0 aliphatic heterocycles. The zero-order valence-electron chi connectivity index (χ0n) is 17.8. The van der Waals surface area contributed by atoms with Gasteiger partial charge in [0.05, 0.1) is 12.7 Å². The highest BCUT2D eigenvalue weighted by atomic mass is 19.1. The first kappa shape index (κ1) is 21.8. The van der Waals surface area contributed by atoms with Crippen molar-refractivity contribution in [2.75, 3.05) is 17.7 Å². The summed E-state index contributed by atoms with van der Waals surface area (Å²) in [4.78, 5) is 37.6. The van der Waals surface area contributed by atoms with E-state index in [1.165, 1.54) is 28.8 Å². The number of benzene rings is 2. The van der Waals surface area contributed by atoms with Crippen molar-refractivity contribution >= 4 is 28.8 Å². The first-order valence-electron chi connectivity index (χ1n) is 9.94. The summed E-state index contributed by atoms with van der Waals surface area (Å²) in [5, 5.41) is 9.39. The van der Waals surface area contributed by atoms with Gasteiger partial charge in [-0.3, -0.25) is 9.59 Å². The van der Waals surface area contributed by atoms with Gasteiger partial charge in [-0.15, -0.1) is 5.10 Å². The second-order valence-corrected chi connectivity index (χ2v) is 7.28. The van der Waals surface area contributed by atoms with Crippen LogP contribution in [0.4, 0.5) is 15.8 Å². The number of anilines is 2. The van der Waals surface area contributed by atoms with E-state index >= 15 is 0 Å². The van der Waals surface area contributed by atoms with Crippen LogP contribution in [-0.4, -0.2) is 33.1 Å². The van der Waals surface area contributed by atoms with Crippen LogP contribution in [0.5, 0.6) is 5.75 Å². The third kappa shape index (κ3) is 4.74. The highest BCUT2D eigenvalue weighted by Crippen LogP contribution is 2.16. The summed E-state index contributed by atoms with van der Waals surface area (Å²) < 4.78 is 20.9. The first-order chi connectivity index (χ1) is 15.8. The van der Waals surface area contributed by atoms with Crippen molar-refractivity contribution in [1.29, 1.82) is 0 Å². The van der Waals surface area contributed by atoms with Crippen LogP contribution < -0.4 is 21.1 Å². The van der Waals surface area contributed by atoms with Crippen LogP contribution in [0, 0.1) is 12.7 Å². The van der Waals surface area contributed by atoms with Crippen LogP contribution in [0.1, 0.15) is 15.9 Å². The molecule has 10 heteroatoms. The van der Waals surface area contributed by atoms with Crippen molar-refractivity contribution in [2.45, 2.75) is 13.5 Å². The van der Waals surface area contributed by atoms with E-state index in [1.54, 1.807) is 50.4 Å². The quantitative estimate of drug-likeness (QED) is 0.471. The van der Waals surface area contributed by atoms with Gasteiger partial charge in [0.1, 0.15) is 18.1 Å². The molecule has 9 nitrogen and oxygen atoms in total. The van der Waals surface area contributed by atoms with Gasteiger partial charge in [0.2, 0.25) is 5.91 Å². The molecular weight excluding hydrogens is 429 g/mol. The molecule has 2 heterocycles. The van der Waals surface area contributed by atoms with E-state index in [1.807, 2.05) is 0 Å². The maximum atomic E-state index is 13.7. The number of methoxy groups -OCH3 is 1. The molecule has 0 saturated heterocycles. The Morgan fingerprint density at radius 3 is 2.45 bits per heavy atom. The molecule has 2 N–H and O–H groups in total. The molecule has 168 valence electrons. The van der Waals surface area contributed by atoms with Crippen molar-refractivity contribution in [3.63, 3.8) is 0 Å². The number of pyridine rings is 1. The molecule has 0 spiro atoms. The van der Waals surface area contributed by atoms with Crippen molar-refractivity contribution in [2.24, 2.45) is 0 Å². The van der Waals surface area contributed by atoms with Crippen LogP contribution in [0.15, 0.2) is 65.6 Å². The molecule has 0 aliphatic carbocycles. The lowest BCUT2D eigenvalue weighted by molar-refractivity contribution is -0.117. The van der Waals surface area contributed by atoms with E-state index in [2.05, 4.69) is 15.7 Å². The number of halogens is 1. The fraction of sp³-hybridized carbons (Fsp3) is 0.130. The van der Waals surface area contributed by atoms with Gasteiger partial charge in [0.15, 0.2) is 5.65 Å². The number of nitrogens with zero attached hydrogens (tertiary/aromatic N) is 3. The van der Waals surface area contributed by atoms with Crippen molar-refractivity contribution in [1.82, 2.24) is 14.2 Å². The van der Waals surface area contributed by atoms with Gasteiger partial charge in [-0.25, -0.2) is 18.3 Å². The van der Waals surface area contributed by atoms with Crippen LogP contribution >= 0.6 is 0 Å². The molecule has 2 aromatic heterocycles. The molecule has 33 heavy (non-hydrogen) atoms. The third-order valence-corrected chi connectivity index (χ3v) is 4.94. The lowest BCUT2D eigenvalue weighted by atomic mass is 10.2. The van der Waals surface area contributed by atoms with Crippen molar-refractivity contribution in [3.05, 3.63) is 88.2 Å². The predicted octanol–water partition coefficient (Wildman–Crippen LogP) is 2.84. The fourth-order valence-electron chi connectivity index (χ4n) is 3.14. The van der Waals surface area contributed by atoms with Crippen LogP contribution in [0.25, 0.3) is 5.65 Å². The minimum Gasteiger partial charge on any atom is -0.497 e. The SMILES string of the molecule is COc1ccc(NC(=O)c2ccc3nn(CC(=O)Nc4ccc(C)c(F)c4)c(=O)n3c2)cc1. The Labute approximate surface area is 187 Å². The monoisotopic (exact) mass is 449 g/mol. The lowest BCUT2D eigenvalue weighted by Gasteiger charge is -2.06. The minimum absolute atomic E-state index is 0.236. The topological polar surface area (TPSA) is 107 Å². The molecular formula is C23H20FN5O4. The van der Waals surface area contributed by atoms with E-state index < -0.39 is 23.3 Å². The Bertz CT molecular complexity index is 1410. The molecule has 0 atom stereocenters. The summed E-state index contributed by atoms with van der Waals surface area (Å²) >= 11 is 0. The summed E-state index contributed by atoms with van der Waals surface area (Å²) in [5.41, 5.74) is 1.21. The second kappa shape index (κ2) is 8.95. The van der Waals surface area contributed by atoms with Gasteiger partial charge in [0.25, 0.3) is 5.91 Å². The Balaban J connectivity index is 1.50. The summed E-state index contributed by atoms with van der Waals surface area (Å²) in [7, 11) is 1.55. The molecule has 0 unspecified atom stereocenters. The Hall–Kier alpha value is -4.47. The predicted molar refractivity (Wildman–Crippen MR) is 120 cm³/mol. The van der Waals surface area contributed by atoms with Crippen molar-refractivity contribution in [3.8, 4) is 5.75 Å². The number of hydrogen-bond donors (Lipinski definition) is 2. The standard InChI is InChI=1S/C23H20FN5O4/c1-14-3-5-17(11-19(14)24)25-21(30)13-29-23(32)28-12-15(4-10-20(28)27-29)22(31)26-16-6-8-18(33-2)9-7-16/h3-12H,13H2,1-2H3,(H,25,30)(H,26,31). The highest BCUT2D eigenvalue weighted by Gasteiger charge is 2.14. The van der Waals surface area contributed by atoms with E-state index in [4.69, 9.17) is 4.74 Å². The number of aryl methyl sites for hydroxylation is 1. The minimum atomic E-state index is -0.589. The largest absolute Gasteiger partial charge is 0.497 e. The number of aromatic nitrogens is 3. The fourth-order valence-corrected chi connectivity index (χ4v) is 3.14. The molecule has 0 fully saturated rings. The summed E-state index contributed by atoms with van der Waals surface area (Å²) in [6, 6.07) is 14.2. The average molecular weight is 449 g/mol. The van der Waals surface area contributed by atoms with E-state index in [9.17, 15) is 18.8 Å². The van der Waals surface area contributed by atoms with E-state index in [0.717, 1.165) is 4.68 Å². The lowest BCUT2D eigenvalue weighted by Crippen LogP contribution is -2.28. The normalized spacial score (nSPS) is 10.8. The molecule has 2 aromatic carbocycles. The molecule has 4 rings (SSSR count). The maximum Gasteiger partial charge on any atom is 0.350 e. The van der Waals surface area contributed by atoms with Gasteiger partial charge in [-0.1, -0.05) is 6.07 Å². The number of rotatable bonds is 6. The molecule has 0 aliphatic rings. The van der Waals surface area contributed by atoms with Crippen LogP contribution in [-0.2, 0) is 11.3 Å². The summed E-state index contributed by atoms with van der Waals surface area (Å²) in [6.07, 6.45) is 1.35. The van der Waals surface area contributed by atoms with Crippen LogP contribution in [0.3, 0.4) is 0 Å². The highest BCUT2D eigenvalue weighted by molar-refractivity contribution is 6.04. The Morgan fingerprint density at radius 2 is 1.76 bits per heavy atom. The average Bonchev–Trinajstić information content (AvgIpc) is 3.11. The number of amides is 2. The van der Waals surface area contributed by atoms with Crippen molar-refractivity contribution < 1.29 is 18.7 Å². The van der Waals surface area contributed by atoms with Gasteiger partial charge in [-0.2, -0.15) is 0 Å². The molecule has 0 bridgehead atoms. The summed E-state index contributed by atoms with van der Waals surface area (Å²) in [6.45, 7) is 1.24. The van der Waals surface area contributed by atoms with Gasteiger partial charge in [-0.05, 0) is 61.0 Å². The number of ether oxygens (including phenoxy) is 1. The Kier molecular flexibility index (Phi) is 5.90. The van der Waals surface area contributed by atoms with Gasteiger partial charge < -0.3 is 15.4 Å². The third-order valence-electron chi connectivity index (χ3n) is 4.94. The van der Waals surface area contributed by atoms with E-state index in [-0.39, 0.29) is 23.4 Å².